The molecular formula is C18H22ClN3OS. The Morgan fingerprint density at radius 2 is 2.21 bits per heavy atom. The van der Waals surface area contributed by atoms with Crippen LogP contribution >= 0.6 is 22.9 Å². The molecule has 1 N–H and O–H groups in total. The topological polar surface area (TPSA) is 35.6 Å². The fourth-order valence-electron chi connectivity index (χ4n) is 3.01. The van der Waals surface area contributed by atoms with Crippen LogP contribution < -0.4 is 5.32 Å². The average Bonchev–Trinajstić information content (AvgIpc) is 3.09. The molecule has 0 radical (unpaired) electrons. The van der Waals surface area contributed by atoms with Gasteiger partial charge in [0.25, 0.3) is 0 Å². The summed E-state index contributed by atoms with van der Waals surface area (Å²) in [7, 11) is 1.87. The molecule has 1 aliphatic rings. The van der Waals surface area contributed by atoms with Crippen molar-refractivity contribution in [2.45, 2.75) is 12.6 Å². The van der Waals surface area contributed by atoms with Crippen LogP contribution in [0.3, 0.4) is 0 Å². The fourth-order valence-corrected chi connectivity index (χ4v) is 4.03. The second-order valence-corrected chi connectivity index (χ2v) is 7.48. The highest BCUT2D eigenvalue weighted by Gasteiger charge is 2.27. The van der Waals surface area contributed by atoms with Gasteiger partial charge in [0.1, 0.15) is 0 Å². The van der Waals surface area contributed by atoms with Gasteiger partial charge in [0.05, 0.1) is 13.1 Å². The van der Waals surface area contributed by atoms with Gasteiger partial charge in [0, 0.05) is 42.6 Å². The Kier molecular flexibility index (Phi) is 5.89. The first-order valence-electron chi connectivity index (χ1n) is 8.10. The smallest absolute Gasteiger partial charge is 0.236 e. The molecule has 1 fully saturated rings. The molecule has 0 saturated carbocycles. The van der Waals surface area contributed by atoms with E-state index in [2.05, 4.69) is 16.3 Å². The molecule has 6 heteroatoms. The van der Waals surface area contributed by atoms with Gasteiger partial charge in [-0.15, -0.1) is 11.3 Å². The van der Waals surface area contributed by atoms with Gasteiger partial charge in [-0.1, -0.05) is 35.9 Å². The summed E-state index contributed by atoms with van der Waals surface area (Å²) in [6.07, 6.45) is 0. The van der Waals surface area contributed by atoms with Crippen molar-refractivity contribution >= 4 is 28.8 Å². The first kappa shape index (κ1) is 17.4. The van der Waals surface area contributed by atoms with Gasteiger partial charge >= 0.3 is 0 Å². The number of piperazine rings is 1. The zero-order valence-corrected chi connectivity index (χ0v) is 15.3. The van der Waals surface area contributed by atoms with Crippen molar-refractivity contribution in [1.29, 1.82) is 0 Å². The van der Waals surface area contributed by atoms with Crippen LogP contribution in [0, 0.1) is 0 Å². The Labute approximate surface area is 152 Å². The molecule has 4 nitrogen and oxygen atoms in total. The van der Waals surface area contributed by atoms with Crippen LogP contribution in [0.25, 0.3) is 0 Å². The van der Waals surface area contributed by atoms with Gasteiger partial charge in [-0.05, 0) is 23.1 Å². The van der Waals surface area contributed by atoms with Crippen LogP contribution in [-0.4, -0.2) is 48.9 Å². The van der Waals surface area contributed by atoms with Crippen LogP contribution in [0.4, 0.5) is 0 Å². The van der Waals surface area contributed by atoms with Crippen molar-refractivity contribution in [1.82, 2.24) is 15.1 Å². The molecule has 128 valence electrons. The summed E-state index contributed by atoms with van der Waals surface area (Å²) in [5, 5.41) is 6.20. The molecule has 1 aromatic heterocycles. The predicted molar refractivity (Wildman–Crippen MR) is 99.4 cm³/mol. The zero-order valence-electron chi connectivity index (χ0n) is 13.7. The first-order chi connectivity index (χ1) is 11.6. The number of rotatable bonds is 5. The Morgan fingerprint density at radius 1 is 1.38 bits per heavy atom. The second-order valence-electron chi connectivity index (χ2n) is 6.04. The number of carbonyl (C=O) groups is 1. The van der Waals surface area contributed by atoms with E-state index in [1.54, 1.807) is 16.2 Å². The number of nitrogens with zero attached hydrogens (tertiary/aromatic N) is 2. The van der Waals surface area contributed by atoms with Crippen LogP contribution in [-0.2, 0) is 11.3 Å². The van der Waals surface area contributed by atoms with Gasteiger partial charge < -0.3 is 10.2 Å². The summed E-state index contributed by atoms with van der Waals surface area (Å²) in [6.45, 7) is 3.63. The van der Waals surface area contributed by atoms with Crippen LogP contribution in [0.5, 0.6) is 0 Å². The van der Waals surface area contributed by atoms with E-state index in [4.69, 9.17) is 11.6 Å². The van der Waals surface area contributed by atoms with E-state index >= 15 is 0 Å². The number of thiophene rings is 1. The fraction of sp³-hybridized carbons (Fsp3) is 0.389. The summed E-state index contributed by atoms with van der Waals surface area (Å²) in [4.78, 5) is 17.9. The molecule has 1 aromatic carbocycles. The maximum absolute atomic E-state index is 12.6. The molecule has 0 spiro atoms. The number of amides is 1. The molecule has 0 bridgehead atoms. The predicted octanol–water partition coefficient (Wildman–Crippen LogP) is 3.01. The zero-order chi connectivity index (χ0) is 16.9. The SMILES string of the molecule is CN(Cc1cccs1)C(=O)CN1CCNCC1c1ccccc1Cl. The van der Waals surface area contributed by atoms with Gasteiger partial charge in [0.2, 0.25) is 5.91 Å². The molecule has 1 saturated heterocycles. The third kappa shape index (κ3) is 4.16. The Morgan fingerprint density at radius 3 is 2.96 bits per heavy atom. The highest BCUT2D eigenvalue weighted by Crippen LogP contribution is 2.28. The van der Waals surface area contributed by atoms with Crippen molar-refractivity contribution in [2.75, 3.05) is 33.2 Å². The average molecular weight is 364 g/mol. The maximum Gasteiger partial charge on any atom is 0.236 e. The summed E-state index contributed by atoms with van der Waals surface area (Å²) >= 11 is 8.05. The van der Waals surface area contributed by atoms with E-state index in [0.717, 1.165) is 30.2 Å². The third-order valence-corrected chi connectivity index (χ3v) is 5.56. The van der Waals surface area contributed by atoms with E-state index in [0.29, 0.717) is 13.1 Å². The van der Waals surface area contributed by atoms with E-state index in [1.807, 2.05) is 42.8 Å². The van der Waals surface area contributed by atoms with Gasteiger partial charge in [-0.2, -0.15) is 0 Å². The Balaban J connectivity index is 1.67. The Hall–Kier alpha value is -1.40. The minimum atomic E-state index is 0.131. The van der Waals surface area contributed by atoms with Crippen molar-refractivity contribution < 1.29 is 4.79 Å². The summed E-state index contributed by atoms with van der Waals surface area (Å²) in [6, 6.07) is 12.1. The number of hydrogen-bond acceptors (Lipinski definition) is 4. The summed E-state index contributed by atoms with van der Waals surface area (Å²) < 4.78 is 0. The van der Waals surface area contributed by atoms with Crippen molar-refractivity contribution in [3.05, 3.63) is 57.2 Å². The molecule has 1 aliphatic heterocycles. The number of carbonyl (C=O) groups excluding carboxylic acids is 1. The van der Waals surface area contributed by atoms with E-state index in [9.17, 15) is 4.79 Å². The minimum absolute atomic E-state index is 0.131. The normalized spacial score (nSPS) is 18.5. The summed E-state index contributed by atoms with van der Waals surface area (Å²) in [5.74, 6) is 0.141. The van der Waals surface area contributed by atoms with Gasteiger partial charge in [-0.3, -0.25) is 9.69 Å². The molecular weight excluding hydrogens is 342 g/mol. The van der Waals surface area contributed by atoms with Crippen molar-refractivity contribution in [3.63, 3.8) is 0 Å². The molecule has 2 heterocycles. The Bertz CT molecular complexity index is 677. The number of benzene rings is 1. The monoisotopic (exact) mass is 363 g/mol. The standard InChI is InChI=1S/C18H22ClN3OS/c1-21(12-14-5-4-10-24-14)18(23)13-22-9-8-20-11-17(22)15-6-2-3-7-16(15)19/h2-7,10,17,20H,8-9,11-13H2,1H3. The third-order valence-electron chi connectivity index (χ3n) is 4.36. The molecule has 24 heavy (non-hydrogen) atoms. The lowest BCUT2D eigenvalue weighted by molar-refractivity contribution is -0.132. The molecule has 1 atom stereocenters. The molecule has 1 unspecified atom stereocenters. The molecule has 3 rings (SSSR count). The maximum atomic E-state index is 12.6. The highest BCUT2D eigenvalue weighted by atomic mass is 35.5. The molecule has 2 aromatic rings. The van der Waals surface area contributed by atoms with Crippen LogP contribution in [0.15, 0.2) is 41.8 Å². The van der Waals surface area contributed by atoms with E-state index in [-0.39, 0.29) is 11.9 Å². The first-order valence-corrected chi connectivity index (χ1v) is 9.36. The second kappa shape index (κ2) is 8.12. The van der Waals surface area contributed by atoms with E-state index < -0.39 is 0 Å². The largest absolute Gasteiger partial charge is 0.340 e. The van der Waals surface area contributed by atoms with Crippen LogP contribution in [0.1, 0.15) is 16.5 Å². The summed E-state index contributed by atoms with van der Waals surface area (Å²) in [5.41, 5.74) is 1.08. The lowest BCUT2D eigenvalue weighted by Crippen LogP contribution is -2.49. The number of likely N-dealkylation sites (N-methyl/N-ethyl adjacent to an activating group) is 1. The lowest BCUT2D eigenvalue weighted by atomic mass is 10.0. The number of halogens is 1. The quantitative estimate of drug-likeness (QED) is 0.887. The number of hydrogen-bond donors (Lipinski definition) is 1. The molecule has 0 aliphatic carbocycles. The number of nitrogens with one attached hydrogen (secondary N) is 1. The molecule has 1 amide bonds. The highest BCUT2D eigenvalue weighted by molar-refractivity contribution is 7.09. The lowest BCUT2D eigenvalue weighted by Gasteiger charge is -2.37. The van der Waals surface area contributed by atoms with Crippen molar-refractivity contribution in [2.24, 2.45) is 0 Å². The van der Waals surface area contributed by atoms with Crippen LogP contribution in [0.2, 0.25) is 5.02 Å². The van der Waals surface area contributed by atoms with Gasteiger partial charge in [-0.25, -0.2) is 0 Å². The van der Waals surface area contributed by atoms with Gasteiger partial charge in [0.15, 0.2) is 0 Å². The van der Waals surface area contributed by atoms with E-state index in [1.165, 1.54) is 4.88 Å². The van der Waals surface area contributed by atoms with Crippen molar-refractivity contribution in [3.8, 4) is 0 Å². The minimum Gasteiger partial charge on any atom is -0.340 e.